The zero-order chi connectivity index (χ0) is 18.8. The van der Waals surface area contributed by atoms with Crippen LogP contribution < -0.4 is 10.0 Å². The third kappa shape index (κ3) is 4.26. The summed E-state index contributed by atoms with van der Waals surface area (Å²) in [5, 5.41) is 2.12. The van der Waals surface area contributed by atoms with Gasteiger partial charge in [-0.3, -0.25) is 0 Å². The highest BCUT2D eigenvalue weighted by molar-refractivity contribution is 7.89. The minimum atomic E-state index is -3.84. The van der Waals surface area contributed by atoms with Crippen LogP contribution in [0, 0.1) is 37.4 Å². The molecule has 0 amide bonds. The maximum atomic E-state index is 13.4. The van der Waals surface area contributed by atoms with Crippen molar-refractivity contribution in [3.05, 3.63) is 52.9 Å². The van der Waals surface area contributed by atoms with E-state index in [0.29, 0.717) is 5.56 Å². The monoisotopic (exact) mass is 377 g/mol. The zero-order valence-electron chi connectivity index (χ0n) is 13.3. The SMILES string of the molecule is Cc1ccc(C)c(S(=O)(=O)NCCNc2c(F)c(F)nc(F)c2F)c1. The second-order valence-corrected chi connectivity index (χ2v) is 7.03. The number of nitrogens with one attached hydrogen (secondary N) is 2. The van der Waals surface area contributed by atoms with Crippen molar-refractivity contribution < 1.29 is 26.0 Å². The van der Waals surface area contributed by atoms with Gasteiger partial charge in [0.25, 0.3) is 11.9 Å². The minimum Gasteiger partial charge on any atom is -0.379 e. The molecule has 0 spiro atoms. The van der Waals surface area contributed by atoms with Gasteiger partial charge in [0, 0.05) is 13.1 Å². The Balaban J connectivity index is 2.06. The Bertz CT molecular complexity index is 878. The first-order chi connectivity index (χ1) is 11.6. The van der Waals surface area contributed by atoms with E-state index in [1.807, 2.05) is 0 Å². The van der Waals surface area contributed by atoms with E-state index in [4.69, 9.17) is 0 Å². The molecule has 0 saturated carbocycles. The number of sulfonamides is 1. The minimum absolute atomic E-state index is 0.0749. The average Bonchev–Trinajstić information content (AvgIpc) is 2.54. The van der Waals surface area contributed by atoms with Crippen molar-refractivity contribution >= 4 is 15.7 Å². The molecular weight excluding hydrogens is 362 g/mol. The summed E-state index contributed by atoms with van der Waals surface area (Å²) >= 11 is 0. The molecule has 0 bridgehead atoms. The summed E-state index contributed by atoms with van der Waals surface area (Å²) in [5.41, 5.74) is 0.230. The molecule has 0 aliphatic carbocycles. The number of benzene rings is 1. The van der Waals surface area contributed by atoms with Crippen molar-refractivity contribution in [2.24, 2.45) is 0 Å². The second-order valence-electron chi connectivity index (χ2n) is 5.29. The Hall–Kier alpha value is -2.20. The van der Waals surface area contributed by atoms with E-state index in [1.54, 1.807) is 26.0 Å². The first-order valence-corrected chi connectivity index (χ1v) is 8.62. The number of rotatable bonds is 6. The van der Waals surface area contributed by atoms with E-state index in [1.165, 1.54) is 6.07 Å². The molecule has 25 heavy (non-hydrogen) atoms. The van der Waals surface area contributed by atoms with E-state index in [-0.39, 0.29) is 18.0 Å². The molecule has 0 saturated heterocycles. The molecule has 5 nitrogen and oxygen atoms in total. The molecule has 136 valence electrons. The lowest BCUT2D eigenvalue weighted by Crippen LogP contribution is -2.30. The molecular formula is C15H15F4N3O2S. The largest absolute Gasteiger partial charge is 0.379 e. The van der Waals surface area contributed by atoms with Crippen LogP contribution in [0.1, 0.15) is 11.1 Å². The number of pyridine rings is 1. The predicted molar refractivity (Wildman–Crippen MR) is 83.7 cm³/mol. The molecule has 0 atom stereocenters. The summed E-state index contributed by atoms with van der Waals surface area (Å²) in [4.78, 5) is 2.50. The van der Waals surface area contributed by atoms with Gasteiger partial charge in [-0.1, -0.05) is 12.1 Å². The Labute approximate surface area is 142 Å². The molecule has 0 fully saturated rings. The van der Waals surface area contributed by atoms with Crippen LogP contribution >= 0.6 is 0 Å². The van der Waals surface area contributed by atoms with Crippen molar-refractivity contribution in [2.45, 2.75) is 18.7 Å². The molecule has 10 heteroatoms. The lowest BCUT2D eigenvalue weighted by atomic mass is 10.2. The third-order valence-electron chi connectivity index (χ3n) is 3.35. The fourth-order valence-corrected chi connectivity index (χ4v) is 3.45. The lowest BCUT2D eigenvalue weighted by molar-refractivity contribution is 0.410. The molecule has 2 rings (SSSR count). The molecule has 2 N–H and O–H groups in total. The van der Waals surface area contributed by atoms with Crippen LogP contribution in [0.25, 0.3) is 0 Å². The van der Waals surface area contributed by atoms with Gasteiger partial charge >= 0.3 is 0 Å². The normalized spacial score (nSPS) is 11.6. The predicted octanol–water partition coefficient (Wildman–Crippen LogP) is 2.65. The van der Waals surface area contributed by atoms with Crippen LogP contribution in [0.3, 0.4) is 0 Å². The van der Waals surface area contributed by atoms with Gasteiger partial charge in [0.05, 0.1) is 4.90 Å². The molecule has 0 aliphatic heterocycles. The van der Waals surface area contributed by atoms with Gasteiger partial charge in [-0.2, -0.15) is 22.5 Å². The zero-order valence-corrected chi connectivity index (χ0v) is 14.1. The Morgan fingerprint density at radius 3 is 2.20 bits per heavy atom. The summed E-state index contributed by atoms with van der Waals surface area (Å²) in [6, 6.07) is 4.89. The van der Waals surface area contributed by atoms with Crippen molar-refractivity contribution in [1.29, 1.82) is 0 Å². The standard InChI is InChI=1S/C15H15F4N3O2S/c1-8-3-4-9(2)10(7-8)25(23,24)21-6-5-20-13-11(16)14(18)22-15(19)12(13)17/h3-4,7,21H,5-6H2,1-2H3,(H,20,22). The van der Waals surface area contributed by atoms with Crippen molar-refractivity contribution in [1.82, 2.24) is 9.71 Å². The summed E-state index contributed by atoms with van der Waals surface area (Å²) in [7, 11) is -3.84. The van der Waals surface area contributed by atoms with Crippen LogP contribution in [0.2, 0.25) is 0 Å². The van der Waals surface area contributed by atoms with E-state index in [9.17, 15) is 26.0 Å². The maximum Gasteiger partial charge on any atom is 0.253 e. The van der Waals surface area contributed by atoms with Crippen LogP contribution in [0.4, 0.5) is 23.2 Å². The highest BCUT2D eigenvalue weighted by atomic mass is 32.2. The van der Waals surface area contributed by atoms with Gasteiger partial charge in [0.2, 0.25) is 21.7 Å². The second kappa shape index (κ2) is 7.36. The first kappa shape index (κ1) is 19.1. The van der Waals surface area contributed by atoms with E-state index < -0.39 is 39.2 Å². The fourth-order valence-electron chi connectivity index (χ4n) is 2.09. The molecule has 0 aliphatic rings. The van der Waals surface area contributed by atoms with Gasteiger partial charge in [-0.25, -0.2) is 13.1 Å². The molecule has 1 aromatic heterocycles. The Morgan fingerprint density at radius 1 is 1.00 bits per heavy atom. The van der Waals surface area contributed by atoms with Gasteiger partial charge in [-0.15, -0.1) is 0 Å². The summed E-state index contributed by atoms with van der Waals surface area (Å²) in [6.07, 6.45) is 0. The average molecular weight is 377 g/mol. The highest BCUT2D eigenvalue weighted by Crippen LogP contribution is 2.21. The number of aromatic nitrogens is 1. The van der Waals surface area contributed by atoms with E-state index in [0.717, 1.165) is 5.56 Å². The van der Waals surface area contributed by atoms with Crippen LogP contribution in [0.5, 0.6) is 0 Å². The number of halogens is 4. The summed E-state index contributed by atoms with van der Waals surface area (Å²) < 4.78 is 79.5. The number of nitrogens with zero attached hydrogens (tertiary/aromatic N) is 1. The van der Waals surface area contributed by atoms with E-state index in [2.05, 4.69) is 15.0 Å². The van der Waals surface area contributed by atoms with Crippen molar-refractivity contribution in [3.63, 3.8) is 0 Å². The van der Waals surface area contributed by atoms with Gasteiger partial charge in [0.15, 0.2) is 0 Å². The van der Waals surface area contributed by atoms with Crippen LogP contribution in [-0.2, 0) is 10.0 Å². The first-order valence-electron chi connectivity index (χ1n) is 7.14. The topological polar surface area (TPSA) is 71.1 Å². The Morgan fingerprint density at radius 2 is 1.60 bits per heavy atom. The molecule has 0 radical (unpaired) electrons. The van der Waals surface area contributed by atoms with Crippen molar-refractivity contribution in [2.75, 3.05) is 18.4 Å². The fraction of sp³-hybridized carbons (Fsp3) is 0.267. The van der Waals surface area contributed by atoms with Gasteiger partial charge in [0.1, 0.15) is 5.69 Å². The number of hydrogen-bond acceptors (Lipinski definition) is 4. The lowest BCUT2D eigenvalue weighted by Gasteiger charge is -2.12. The summed E-state index contributed by atoms with van der Waals surface area (Å²) in [6.45, 7) is 2.79. The maximum absolute atomic E-state index is 13.4. The number of aryl methyl sites for hydroxylation is 2. The van der Waals surface area contributed by atoms with Crippen LogP contribution in [-0.4, -0.2) is 26.5 Å². The highest BCUT2D eigenvalue weighted by Gasteiger charge is 2.21. The van der Waals surface area contributed by atoms with Gasteiger partial charge in [-0.05, 0) is 31.0 Å². The smallest absolute Gasteiger partial charge is 0.253 e. The summed E-state index contributed by atoms with van der Waals surface area (Å²) in [5.74, 6) is -6.96. The quantitative estimate of drug-likeness (QED) is 0.461. The Kier molecular flexibility index (Phi) is 5.63. The van der Waals surface area contributed by atoms with Crippen LogP contribution in [0.15, 0.2) is 23.1 Å². The molecule has 0 unspecified atom stereocenters. The van der Waals surface area contributed by atoms with Gasteiger partial charge < -0.3 is 5.32 Å². The molecule has 1 heterocycles. The molecule has 1 aromatic carbocycles. The third-order valence-corrected chi connectivity index (χ3v) is 4.95. The van der Waals surface area contributed by atoms with E-state index >= 15 is 0 Å². The number of anilines is 1. The number of hydrogen-bond donors (Lipinski definition) is 2. The van der Waals surface area contributed by atoms with Crippen molar-refractivity contribution in [3.8, 4) is 0 Å². The molecule has 2 aromatic rings.